The smallest absolute Gasteiger partial charge is 0.111 e. The number of aromatic nitrogens is 2. The molecule has 0 radical (unpaired) electrons. The third-order valence-electron chi connectivity index (χ3n) is 3.24. The van der Waals surface area contributed by atoms with Crippen molar-refractivity contribution in [2.24, 2.45) is 12.8 Å². The van der Waals surface area contributed by atoms with E-state index in [2.05, 4.69) is 15.6 Å². The van der Waals surface area contributed by atoms with Crippen molar-refractivity contribution in [3.8, 4) is 0 Å². The topological polar surface area (TPSA) is 43.8 Å². The molecule has 0 spiro atoms. The number of rotatable bonds is 3. The van der Waals surface area contributed by atoms with E-state index in [9.17, 15) is 0 Å². The first kappa shape index (κ1) is 12.7. The standard InChI is InChI=1S/C14H14ClN3S/c1-18-11-5-3-2-4-10(11)17-14(18)8-9(16)12-6-7-13(15)19-12/h2-7,9H,8,16H2,1H3. The lowest BCUT2D eigenvalue weighted by molar-refractivity contribution is 0.675. The number of nitrogens with zero attached hydrogens (tertiary/aromatic N) is 2. The van der Waals surface area contributed by atoms with Crippen LogP contribution in [0.15, 0.2) is 36.4 Å². The summed E-state index contributed by atoms with van der Waals surface area (Å²) < 4.78 is 2.88. The second-order valence-electron chi connectivity index (χ2n) is 4.53. The molecule has 1 atom stereocenters. The number of hydrogen-bond donors (Lipinski definition) is 1. The summed E-state index contributed by atoms with van der Waals surface area (Å²) in [5.41, 5.74) is 8.37. The lowest BCUT2D eigenvalue weighted by atomic mass is 10.2. The van der Waals surface area contributed by atoms with E-state index >= 15 is 0 Å². The molecule has 0 saturated carbocycles. The Bertz CT molecular complexity index is 716. The Balaban J connectivity index is 1.91. The van der Waals surface area contributed by atoms with Crippen molar-refractivity contribution in [2.75, 3.05) is 0 Å². The van der Waals surface area contributed by atoms with E-state index in [0.717, 1.165) is 26.1 Å². The van der Waals surface area contributed by atoms with Gasteiger partial charge in [0.1, 0.15) is 5.82 Å². The Morgan fingerprint density at radius 3 is 2.79 bits per heavy atom. The largest absolute Gasteiger partial charge is 0.331 e. The number of nitrogens with two attached hydrogens (primary N) is 1. The minimum atomic E-state index is -0.0620. The van der Waals surface area contributed by atoms with Crippen LogP contribution in [0.3, 0.4) is 0 Å². The number of thiophene rings is 1. The van der Waals surface area contributed by atoms with Gasteiger partial charge >= 0.3 is 0 Å². The van der Waals surface area contributed by atoms with Gasteiger partial charge in [-0.15, -0.1) is 11.3 Å². The SMILES string of the molecule is Cn1c(CC(N)c2ccc(Cl)s2)nc2ccccc21. The summed E-state index contributed by atoms with van der Waals surface area (Å²) in [6, 6.07) is 11.9. The van der Waals surface area contributed by atoms with Crippen LogP contribution in [0, 0.1) is 0 Å². The lowest BCUT2D eigenvalue weighted by Crippen LogP contribution is -2.14. The van der Waals surface area contributed by atoms with Crippen LogP contribution >= 0.6 is 22.9 Å². The lowest BCUT2D eigenvalue weighted by Gasteiger charge is -2.09. The highest BCUT2D eigenvalue weighted by atomic mass is 35.5. The van der Waals surface area contributed by atoms with E-state index in [1.165, 1.54) is 11.3 Å². The zero-order chi connectivity index (χ0) is 13.4. The van der Waals surface area contributed by atoms with E-state index in [4.69, 9.17) is 17.3 Å². The third-order valence-corrected chi connectivity index (χ3v) is 4.60. The van der Waals surface area contributed by atoms with Gasteiger partial charge in [0.05, 0.1) is 15.4 Å². The normalized spacial score (nSPS) is 13.0. The van der Waals surface area contributed by atoms with Gasteiger partial charge in [-0.2, -0.15) is 0 Å². The number of halogens is 1. The van der Waals surface area contributed by atoms with Gasteiger partial charge in [-0.25, -0.2) is 4.98 Å². The molecule has 5 heteroatoms. The molecule has 1 unspecified atom stereocenters. The monoisotopic (exact) mass is 291 g/mol. The molecule has 0 aliphatic heterocycles. The van der Waals surface area contributed by atoms with Crippen LogP contribution in [0.1, 0.15) is 16.7 Å². The van der Waals surface area contributed by atoms with Crippen LogP contribution in [-0.2, 0) is 13.5 Å². The average molecular weight is 292 g/mol. The van der Waals surface area contributed by atoms with Crippen LogP contribution in [0.4, 0.5) is 0 Å². The highest BCUT2D eigenvalue weighted by Gasteiger charge is 2.14. The summed E-state index contributed by atoms with van der Waals surface area (Å²) in [4.78, 5) is 5.73. The van der Waals surface area contributed by atoms with E-state index < -0.39 is 0 Å². The summed E-state index contributed by atoms with van der Waals surface area (Å²) in [6.07, 6.45) is 0.710. The van der Waals surface area contributed by atoms with Crippen LogP contribution in [0.5, 0.6) is 0 Å². The summed E-state index contributed by atoms with van der Waals surface area (Å²) >= 11 is 7.48. The predicted molar refractivity (Wildman–Crippen MR) is 80.7 cm³/mol. The molecular weight excluding hydrogens is 278 g/mol. The first-order chi connectivity index (χ1) is 9.15. The van der Waals surface area contributed by atoms with Gasteiger partial charge in [-0.1, -0.05) is 23.7 Å². The molecule has 19 heavy (non-hydrogen) atoms. The van der Waals surface area contributed by atoms with Crippen LogP contribution in [-0.4, -0.2) is 9.55 Å². The molecular formula is C14H14ClN3S. The van der Waals surface area contributed by atoms with Gasteiger partial charge in [0, 0.05) is 24.4 Å². The Labute approximate surface area is 120 Å². The Kier molecular flexibility index (Phi) is 3.31. The number of hydrogen-bond acceptors (Lipinski definition) is 3. The second kappa shape index (κ2) is 4.96. The molecule has 0 fully saturated rings. The summed E-state index contributed by atoms with van der Waals surface area (Å²) in [5, 5.41) is 0. The zero-order valence-corrected chi connectivity index (χ0v) is 12.1. The van der Waals surface area contributed by atoms with Crippen LogP contribution < -0.4 is 5.73 Å². The van der Waals surface area contributed by atoms with Crippen LogP contribution in [0.25, 0.3) is 11.0 Å². The summed E-state index contributed by atoms with van der Waals surface area (Å²) in [5.74, 6) is 0.998. The number of para-hydroxylation sites is 2. The molecule has 3 aromatic rings. The quantitative estimate of drug-likeness (QED) is 0.802. The number of imidazole rings is 1. The van der Waals surface area contributed by atoms with Gasteiger partial charge in [0.2, 0.25) is 0 Å². The van der Waals surface area contributed by atoms with Gasteiger partial charge in [-0.05, 0) is 24.3 Å². The minimum Gasteiger partial charge on any atom is -0.331 e. The van der Waals surface area contributed by atoms with Crippen molar-refractivity contribution in [1.29, 1.82) is 0 Å². The maximum atomic E-state index is 6.23. The summed E-state index contributed by atoms with van der Waals surface area (Å²) in [7, 11) is 2.03. The minimum absolute atomic E-state index is 0.0620. The van der Waals surface area contributed by atoms with Crippen molar-refractivity contribution in [1.82, 2.24) is 9.55 Å². The summed E-state index contributed by atoms with van der Waals surface area (Å²) in [6.45, 7) is 0. The highest BCUT2D eigenvalue weighted by molar-refractivity contribution is 7.16. The molecule has 0 saturated heterocycles. The number of fused-ring (bicyclic) bond motifs is 1. The molecule has 2 heterocycles. The fraction of sp³-hybridized carbons (Fsp3) is 0.214. The average Bonchev–Trinajstić information content (AvgIpc) is 2.96. The zero-order valence-electron chi connectivity index (χ0n) is 10.5. The predicted octanol–water partition coefficient (Wildman–Crippen LogP) is 3.53. The van der Waals surface area contributed by atoms with Crippen molar-refractivity contribution in [3.63, 3.8) is 0 Å². The fourth-order valence-corrected chi connectivity index (χ4v) is 3.27. The van der Waals surface area contributed by atoms with Gasteiger partial charge in [0.25, 0.3) is 0 Å². The van der Waals surface area contributed by atoms with Gasteiger partial charge in [0.15, 0.2) is 0 Å². The molecule has 2 N–H and O–H groups in total. The molecule has 98 valence electrons. The second-order valence-corrected chi connectivity index (χ2v) is 6.27. The maximum Gasteiger partial charge on any atom is 0.111 e. The van der Waals surface area contributed by atoms with E-state index in [0.29, 0.717) is 6.42 Å². The Morgan fingerprint density at radius 2 is 2.11 bits per heavy atom. The molecule has 3 nitrogen and oxygen atoms in total. The van der Waals surface area contributed by atoms with E-state index in [1.54, 1.807) is 0 Å². The van der Waals surface area contributed by atoms with Crippen molar-refractivity contribution < 1.29 is 0 Å². The molecule has 0 aliphatic carbocycles. The van der Waals surface area contributed by atoms with Gasteiger partial charge in [-0.3, -0.25) is 0 Å². The molecule has 1 aromatic carbocycles. The third kappa shape index (κ3) is 2.39. The highest BCUT2D eigenvalue weighted by Crippen LogP contribution is 2.28. The Morgan fingerprint density at radius 1 is 1.32 bits per heavy atom. The van der Waals surface area contributed by atoms with E-state index in [1.807, 2.05) is 37.4 Å². The van der Waals surface area contributed by atoms with Crippen molar-refractivity contribution >= 4 is 34.0 Å². The number of aryl methyl sites for hydroxylation is 1. The Hall–Kier alpha value is -1.36. The maximum absolute atomic E-state index is 6.23. The first-order valence-corrected chi connectivity index (χ1v) is 7.26. The molecule has 2 aromatic heterocycles. The van der Waals surface area contributed by atoms with E-state index in [-0.39, 0.29) is 6.04 Å². The number of benzene rings is 1. The van der Waals surface area contributed by atoms with Gasteiger partial charge < -0.3 is 10.3 Å². The fourth-order valence-electron chi connectivity index (χ4n) is 2.20. The van der Waals surface area contributed by atoms with Crippen LogP contribution in [0.2, 0.25) is 4.34 Å². The molecule has 0 aliphatic rings. The first-order valence-electron chi connectivity index (χ1n) is 6.06. The molecule has 3 rings (SSSR count). The molecule has 0 bridgehead atoms. The molecule has 0 amide bonds. The van der Waals surface area contributed by atoms with Crippen molar-refractivity contribution in [3.05, 3.63) is 51.4 Å². The van der Waals surface area contributed by atoms with Crippen molar-refractivity contribution in [2.45, 2.75) is 12.5 Å².